The Kier molecular flexibility index (Phi) is 2.87. The van der Waals surface area contributed by atoms with E-state index in [0.717, 1.165) is 5.56 Å². The van der Waals surface area contributed by atoms with Crippen molar-refractivity contribution in [3.8, 4) is 5.75 Å². The molecular formula is C9H11NO3. The van der Waals surface area contributed by atoms with Gasteiger partial charge in [0.15, 0.2) is 0 Å². The number of carboxylic acids is 1. The lowest BCUT2D eigenvalue weighted by Crippen LogP contribution is -2.32. The minimum atomic E-state index is -1.04. The number of phenolic OH excluding ortho intramolecular Hbond substituents is 1. The van der Waals surface area contributed by atoms with E-state index in [4.69, 9.17) is 15.9 Å². The predicted octanol–water partition coefficient (Wildman–Crippen LogP) is 0.347. The normalized spacial score (nSPS) is 12.4. The summed E-state index contributed by atoms with van der Waals surface area (Å²) in [7, 11) is 0. The Morgan fingerprint density at radius 3 is 2.77 bits per heavy atom. The van der Waals surface area contributed by atoms with Gasteiger partial charge in [-0.25, -0.2) is 0 Å². The van der Waals surface area contributed by atoms with Crippen molar-refractivity contribution < 1.29 is 15.0 Å². The lowest BCUT2D eigenvalue weighted by atomic mass is 10.1. The molecule has 0 fully saturated rings. The fraction of sp³-hybridized carbons (Fsp3) is 0.222. The van der Waals surface area contributed by atoms with E-state index < -0.39 is 12.0 Å². The van der Waals surface area contributed by atoms with Crippen molar-refractivity contribution in [2.45, 2.75) is 12.5 Å². The Labute approximate surface area is 75.6 Å². The molecule has 0 saturated heterocycles. The monoisotopic (exact) mass is 181 g/mol. The Morgan fingerprint density at radius 1 is 1.54 bits per heavy atom. The highest BCUT2D eigenvalue weighted by Crippen LogP contribution is 2.11. The van der Waals surface area contributed by atoms with Gasteiger partial charge in [-0.1, -0.05) is 12.1 Å². The second-order valence-corrected chi connectivity index (χ2v) is 2.82. The van der Waals surface area contributed by atoms with Crippen LogP contribution >= 0.6 is 0 Å². The van der Waals surface area contributed by atoms with E-state index in [1.54, 1.807) is 12.1 Å². The van der Waals surface area contributed by atoms with Crippen LogP contribution < -0.4 is 5.73 Å². The fourth-order valence-corrected chi connectivity index (χ4v) is 1.02. The standard InChI is InChI=1S/C9H11NO3/c10-8(9(12)13)5-6-2-1-3-7(11)4-6/h1-4,8,11H,5,10H2,(H,12,13). The summed E-state index contributed by atoms with van der Waals surface area (Å²) in [5.41, 5.74) is 6.03. The molecule has 13 heavy (non-hydrogen) atoms. The molecular weight excluding hydrogens is 170 g/mol. The third kappa shape index (κ3) is 2.76. The third-order valence-electron chi connectivity index (χ3n) is 1.68. The molecule has 0 aliphatic rings. The van der Waals surface area contributed by atoms with Gasteiger partial charge >= 0.3 is 5.97 Å². The van der Waals surface area contributed by atoms with Crippen molar-refractivity contribution in [1.82, 2.24) is 0 Å². The number of phenols is 1. The molecule has 0 bridgehead atoms. The fourth-order valence-electron chi connectivity index (χ4n) is 1.02. The molecule has 0 amide bonds. The van der Waals surface area contributed by atoms with Gasteiger partial charge in [0.2, 0.25) is 0 Å². The Balaban J connectivity index is 2.69. The van der Waals surface area contributed by atoms with E-state index in [-0.39, 0.29) is 12.2 Å². The van der Waals surface area contributed by atoms with Gasteiger partial charge in [-0.2, -0.15) is 0 Å². The smallest absolute Gasteiger partial charge is 0.320 e. The first-order valence-corrected chi connectivity index (χ1v) is 3.86. The number of aromatic hydroxyl groups is 1. The molecule has 70 valence electrons. The summed E-state index contributed by atoms with van der Waals surface area (Å²) >= 11 is 0. The van der Waals surface area contributed by atoms with Crippen LogP contribution in [0.5, 0.6) is 5.75 Å². The average molecular weight is 181 g/mol. The van der Waals surface area contributed by atoms with Gasteiger partial charge in [-0.05, 0) is 24.1 Å². The maximum atomic E-state index is 10.4. The molecule has 1 unspecified atom stereocenters. The first kappa shape index (κ1) is 9.54. The predicted molar refractivity (Wildman–Crippen MR) is 47.4 cm³/mol. The molecule has 0 spiro atoms. The van der Waals surface area contributed by atoms with Crippen LogP contribution in [0.3, 0.4) is 0 Å². The number of hydrogen-bond donors (Lipinski definition) is 3. The van der Waals surface area contributed by atoms with Crippen LogP contribution in [0.25, 0.3) is 0 Å². The Morgan fingerprint density at radius 2 is 2.23 bits per heavy atom. The van der Waals surface area contributed by atoms with Crippen LogP contribution in [0.2, 0.25) is 0 Å². The molecule has 4 N–H and O–H groups in total. The average Bonchev–Trinajstić information content (AvgIpc) is 2.04. The van der Waals surface area contributed by atoms with Gasteiger partial charge in [-0.15, -0.1) is 0 Å². The van der Waals surface area contributed by atoms with Gasteiger partial charge < -0.3 is 15.9 Å². The van der Waals surface area contributed by atoms with Crippen molar-refractivity contribution in [3.05, 3.63) is 29.8 Å². The molecule has 1 atom stereocenters. The van der Waals surface area contributed by atoms with Crippen LogP contribution in [-0.2, 0) is 11.2 Å². The van der Waals surface area contributed by atoms with Crippen LogP contribution in [0.15, 0.2) is 24.3 Å². The molecule has 0 saturated carbocycles. The number of benzene rings is 1. The lowest BCUT2D eigenvalue weighted by Gasteiger charge is -2.05. The van der Waals surface area contributed by atoms with E-state index in [2.05, 4.69) is 0 Å². The minimum absolute atomic E-state index is 0.120. The topological polar surface area (TPSA) is 83.5 Å². The minimum Gasteiger partial charge on any atom is -0.508 e. The van der Waals surface area contributed by atoms with E-state index in [9.17, 15) is 4.79 Å². The number of rotatable bonds is 3. The molecule has 4 nitrogen and oxygen atoms in total. The molecule has 0 radical (unpaired) electrons. The molecule has 0 aliphatic heterocycles. The van der Waals surface area contributed by atoms with E-state index in [0.29, 0.717) is 0 Å². The van der Waals surface area contributed by atoms with Crippen molar-refractivity contribution in [3.63, 3.8) is 0 Å². The van der Waals surface area contributed by atoms with Gasteiger partial charge in [0.05, 0.1) is 0 Å². The molecule has 4 heteroatoms. The summed E-state index contributed by atoms with van der Waals surface area (Å²) in [6.45, 7) is 0. The zero-order valence-corrected chi connectivity index (χ0v) is 6.97. The first-order valence-electron chi connectivity index (χ1n) is 3.86. The lowest BCUT2D eigenvalue weighted by molar-refractivity contribution is -0.138. The maximum Gasteiger partial charge on any atom is 0.320 e. The van der Waals surface area contributed by atoms with Crippen LogP contribution in [0, 0.1) is 0 Å². The van der Waals surface area contributed by atoms with Crippen LogP contribution in [0.1, 0.15) is 5.56 Å². The SMILES string of the molecule is NC(Cc1cccc(O)c1)C(=O)O. The highest BCUT2D eigenvalue weighted by atomic mass is 16.4. The van der Waals surface area contributed by atoms with Gasteiger partial charge in [0.25, 0.3) is 0 Å². The Hall–Kier alpha value is -1.55. The van der Waals surface area contributed by atoms with E-state index in [1.165, 1.54) is 12.1 Å². The second-order valence-electron chi connectivity index (χ2n) is 2.82. The molecule has 0 aromatic heterocycles. The largest absolute Gasteiger partial charge is 0.508 e. The second kappa shape index (κ2) is 3.91. The molecule has 1 aromatic carbocycles. The summed E-state index contributed by atoms with van der Waals surface area (Å²) in [6, 6.07) is 5.49. The van der Waals surface area contributed by atoms with Crippen molar-refractivity contribution >= 4 is 5.97 Å². The molecule has 1 aromatic rings. The van der Waals surface area contributed by atoms with Crippen LogP contribution in [-0.4, -0.2) is 22.2 Å². The highest BCUT2D eigenvalue weighted by Gasteiger charge is 2.11. The van der Waals surface area contributed by atoms with Gasteiger partial charge in [0.1, 0.15) is 11.8 Å². The summed E-state index contributed by atoms with van der Waals surface area (Å²) in [5.74, 6) is -0.918. The zero-order chi connectivity index (χ0) is 9.84. The summed E-state index contributed by atoms with van der Waals surface area (Å²) in [5, 5.41) is 17.6. The molecule has 0 heterocycles. The van der Waals surface area contributed by atoms with E-state index in [1.807, 2.05) is 0 Å². The maximum absolute atomic E-state index is 10.4. The van der Waals surface area contributed by atoms with Gasteiger partial charge in [-0.3, -0.25) is 4.79 Å². The Bertz CT molecular complexity index is 311. The van der Waals surface area contributed by atoms with Gasteiger partial charge in [0, 0.05) is 0 Å². The van der Waals surface area contributed by atoms with Crippen molar-refractivity contribution in [2.75, 3.05) is 0 Å². The number of carboxylic acid groups (broad SMARTS) is 1. The number of carbonyl (C=O) groups is 1. The summed E-state index contributed by atoms with van der Waals surface area (Å²) in [4.78, 5) is 10.4. The number of nitrogens with two attached hydrogens (primary N) is 1. The third-order valence-corrected chi connectivity index (χ3v) is 1.68. The quantitative estimate of drug-likeness (QED) is 0.628. The van der Waals surface area contributed by atoms with E-state index >= 15 is 0 Å². The highest BCUT2D eigenvalue weighted by molar-refractivity contribution is 5.73. The molecule has 1 rings (SSSR count). The van der Waals surface area contributed by atoms with Crippen LogP contribution in [0.4, 0.5) is 0 Å². The van der Waals surface area contributed by atoms with Crippen molar-refractivity contribution in [1.29, 1.82) is 0 Å². The zero-order valence-electron chi connectivity index (χ0n) is 6.97. The summed E-state index contributed by atoms with van der Waals surface area (Å²) < 4.78 is 0. The summed E-state index contributed by atoms with van der Waals surface area (Å²) in [6.07, 6.45) is 0.226. The van der Waals surface area contributed by atoms with Crippen molar-refractivity contribution in [2.24, 2.45) is 5.73 Å². The number of hydrogen-bond acceptors (Lipinski definition) is 3. The first-order chi connectivity index (χ1) is 6.09. The molecule has 0 aliphatic carbocycles. The number of aliphatic carboxylic acids is 1.